The van der Waals surface area contributed by atoms with Gasteiger partial charge in [-0.25, -0.2) is 0 Å². The van der Waals surface area contributed by atoms with E-state index in [9.17, 15) is 5.11 Å². The molecule has 6 heteroatoms. The molecule has 1 heterocycles. The number of aromatic nitrogens is 1. The van der Waals surface area contributed by atoms with E-state index in [1.54, 1.807) is 7.11 Å². The van der Waals surface area contributed by atoms with Crippen molar-refractivity contribution in [2.75, 3.05) is 46.9 Å². The molecule has 1 atom stereocenters. The lowest BCUT2D eigenvalue weighted by molar-refractivity contribution is 0.0705. The molecule has 0 aliphatic heterocycles. The van der Waals surface area contributed by atoms with E-state index in [1.807, 2.05) is 36.5 Å². The number of aliphatic hydroxyl groups excluding tert-OH is 1. The summed E-state index contributed by atoms with van der Waals surface area (Å²) in [4.78, 5) is 8.81. The van der Waals surface area contributed by atoms with Gasteiger partial charge in [-0.05, 0) is 50.0 Å². The summed E-state index contributed by atoms with van der Waals surface area (Å²) in [5.74, 6) is 1.35. The summed E-state index contributed by atoms with van der Waals surface area (Å²) in [6.45, 7) is 8.60. The molecule has 29 heavy (non-hydrogen) atoms. The number of aliphatic hydroxyl groups is 1. The van der Waals surface area contributed by atoms with Crippen molar-refractivity contribution in [3.8, 4) is 11.5 Å². The van der Waals surface area contributed by atoms with Crippen molar-refractivity contribution < 1.29 is 14.6 Å². The predicted octanol–water partition coefficient (Wildman–Crippen LogP) is 2.85. The van der Waals surface area contributed by atoms with Crippen molar-refractivity contribution in [3.63, 3.8) is 0 Å². The molecule has 0 bridgehead atoms. The van der Waals surface area contributed by atoms with Gasteiger partial charge in [0.2, 0.25) is 0 Å². The molecule has 1 N–H and O–H groups in total. The highest BCUT2D eigenvalue weighted by atomic mass is 16.5. The van der Waals surface area contributed by atoms with E-state index in [2.05, 4.69) is 41.7 Å². The summed E-state index contributed by atoms with van der Waals surface area (Å²) in [6.07, 6.45) is 2.22. The fourth-order valence-corrected chi connectivity index (χ4v) is 3.19. The maximum atomic E-state index is 10.2. The summed E-state index contributed by atoms with van der Waals surface area (Å²) in [5.41, 5.74) is 2.25. The Balaban J connectivity index is 1.87. The molecule has 0 radical (unpaired) electrons. The Hall–Kier alpha value is -2.15. The molecule has 1 aromatic carbocycles. The first kappa shape index (κ1) is 23.1. The van der Waals surface area contributed by atoms with Crippen LogP contribution in [-0.2, 0) is 13.0 Å². The number of likely N-dealkylation sites (N-methyl/N-ethyl adjacent to an activating group) is 2. The van der Waals surface area contributed by atoms with E-state index in [0.29, 0.717) is 18.0 Å². The lowest BCUT2D eigenvalue weighted by Crippen LogP contribution is -2.35. The smallest absolute Gasteiger partial charge is 0.161 e. The topological polar surface area (TPSA) is 58.1 Å². The fraction of sp³-hybridized carbons (Fsp3) is 0.522. The molecule has 1 aromatic heterocycles. The monoisotopic (exact) mass is 401 g/mol. The van der Waals surface area contributed by atoms with E-state index < -0.39 is 6.10 Å². The second-order valence-corrected chi connectivity index (χ2v) is 7.24. The van der Waals surface area contributed by atoms with Crippen molar-refractivity contribution in [1.29, 1.82) is 0 Å². The van der Waals surface area contributed by atoms with Crippen LogP contribution in [0.25, 0.3) is 0 Å². The number of hydrogen-bond acceptors (Lipinski definition) is 6. The molecular weight excluding hydrogens is 366 g/mol. The van der Waals surface area contributed by atoms with Crippen LogP contribution in [0, 0.1) is 0 Å². The lowest BCUT2D eigenvalue weighted by atomic mass is 10.2. The van der Waals surface area contributed by atoms with Crippen molar-refractivity contribution >= 4 is 0 Å². The third kappa shape index (κ3) is 8.01. The van der Waals surface area contributed by atoms with Crippen molar-refractivity contribution in [3.05, 3.63) is 53.9 Å². The SMILES string of the molecule is CCN(CC)C[C@H](O)COc1ccc(CN(C)CCc2ccccn2)cc1OC. The van der Waals surface area contributed by atoms with Gasteiger partial charge < -0.3 is 24.4 Å². The summed E-state index contributed by atoms with van der Waals surface area (Å²) in [6, 6.07) is 12.0. The van der Waals surface area contributed by atoms with Crippen molar-refractivity contribution in [1.82, 2.24) is 14.8 Å². The molecule has 0 unspecified atom stereocenters. The zero-order chi connectivity index (χ0) is 21.1. The van der Waals surface area contributed by atoms with Crippen LogP contribution in [0.3, 0.4) is 0 Å². The Morgan fingerprint density at radius 2 is 1.90 bits per heavy atom. The number of ether oxygens (including phenoxy) is 2. The molecule has 0 amide bonds. The minimum absolute atomic E-state index is 0.246. The Morgan fingerprint density at radius 3 is 2.55 bits per heavy atom. The van der Waals surface area contributed by atoms with E-state index in [4.69, 9.17) is 9.47 Å². The zero-order valence-corrected chi connectivity index (χ0v) is 18.2. The lowest BCUT2D eigenvalue weighted by Gasteiger charge is -2.22. The van der Waals surface area contributed by atoms with Gasteiger partial charge in [-0.15, -0.1) is 0 Å². The minimum Gasteiger partial charge on any atom is -0.493 e. The van der Waals surface area contributed by atoms with Gasteiger partial charge in [0, 0.05) is 37.9 Å². The highest BCUT2D eigenvalue weighted by Gasteiger charge is 2.13. The molecule has 0 spiro atoms. The number of pyridine rings is 1. The van der Waals surface area contributed by atoms with Crippen LogP contribution in [0.1, 0.15) is 25.1 Å². The van der Waals surface area contributed by atoms with E-state index in [1.165, 1.54) is 0 Å². The summed E-state index contributed by atoms with van der Waals surface area (Å²) in [7, 11) is 3.74. The van der Waals surface area contributed by atoms with Gasteiger partial charge in [0.25, 0.3) is 0 Å². The Labute approximate surface area is 175 Å². The van der Waals surface area contributed by atoms with Crippen molar-refractivity contribution in [2.24, 2.45) is 0 Å². The third-order valence-electron chi connectivity index (χ3n) is 4.95. The average molecular weight is 402 g/mol. The van der Waals surface area contributed by atoms with Gasteiger partial charge in [-0.1, -0.05) is 26.0 Å². The first-order valence-electron chi connectivity index (χ1n) is 10.3. The first-order chi connectivity index (χ1) is 14.0. The van der Waals surface area contributed by atoms with E-state index in [0.717, 1.165) is 43.9 Å². The van der Waals surface area contributed by atoms with Crippen LogP contribution in [0.4, 0.5) is 0 Å². The summed E-state index contributed by atoms with van der Waals surface area (Å²) < 4.78 is 11.3. The number of hydrogen-bond donors (Lipinski definition) is 1. The number of nitrogens with zero attached hydrogens (tertiary/aromatic N) is 3. The maximum Gasteiger partial charge on any atom is 0.161 e. The highest BCUT2D eigenvalue weighted by Crippen LogP contribution is 2.28. The summed E-state index contributed by atoms with van der Waals surface area (Å²) in [5, 5.41) is 10.2. The predicted molar refractivity (Wildman–Crippen MR) is 117 cm³/mol. The fourth-order valence-electron chi connectivity index (χ4n) is 3.19. The van der Waals surface area contributed by atoms with Gasteiger partial charge in [0.05, 0.1) is 7.11 Å². The van der Waals surface area contributed by atoms with E-state index >= 15 is 0 Å². The molecular formula is C23H35N3O3. The quantitative estimate of drug-likeness (QED) is 0.557. The van der Waals surface area contributed by atoms with Gasteiger partial charge in [0.1, 0.15) is 12.7 Å². The van der Waals surface area contributed by atoms with Crippen LogP contribution in [0.5, 0.6) is 11.5 Å². The van der Waals surface area contributed by atoms with Crippen LogP contribution in [-0.4, -0.2) is 72.9 Å². The minimum atomic E-state index is -0.531. The molecule has 0 aliphatic rings. The van der Waals surface area contributed by atoms with Gasteiger partial charge >= 0.3 is 0 Å². The van der Waals surface area contributed by atoms with Gasteiger partial charge in [-0.2, -0.15) is 0 Å². The van der Waals surface area contributed by atoms with E-state index in [-0.39, 0.29) is 6.61 Å². The largest absolute Gasteiger partial charge is 0.493 e. The standard InChI is InChI=1S/C23H35N3O3/c1-5-26(6-2)17-21(27)18-29-22-11-10-19(15-23(22)28-4)16-25(3)14-12-20-9-7-8-13-24-20/h7-11,13,15,21,27H,5-6,12,14,16-18H2,1-4H3/t21-/m0/s1. The Morgan fingerprint density at radius 1 is 1.10 bits per heavy atom. The second-order valence-electron chi connectivity index (χ2n) is 7.24. The van der Waals surface area contributed by atoms with Gasteiger partial charge in [-0.3, -0.25) is 4.98 Å². The second kappa shape index (κ2) is 12.4. The van der Waals surface area contributed by atoms with Crippen molar-refractivity contribution in [2.45, 2.75) is 32.9 Å². The molecule has 0 fully saturated rings. The highest BCUT2D eigenvalue weighted by molar-refractivity contribution is 5.43. The molecule has 0 saturated heterocycles. The molecule has 160 valence electrons. The number of rotatable bonds is 13. The summed E-state index contributed by atoms with van der Waals surface area (Å²) >= 11 is 0. The molecule has 0 aliphatic carbocycles. The molecule has 0 saturated carbocycles. The normalized spacial score (nSPS) is 12.4. The third-order valence-corrected chi connectivity index (χ3v) is 4.95. The zero-order valence-electron chi connectivity index (χ0n) is 18.2. The average Bonchev–Trinajstić information content (AvgIpc) is 2.75. The molecule has 6 nitrogen and oxygen atoms in total. The van der Waals surface area contributed by atoms with Crippen LogP contribution >= 0.6 is 0 Å². The van der Waals surface area contributed by atoms with Crippen LogP contribution < -0.4 is 9.47 Å². The molecule has 2 rings (SSSR count). The number of methoxy groups -OCH3 is 1. The number of benzene rings is 1. The Bertz CT molecular complexity index is 708. The van der Waals surface area contributed by atoms with Crippen LogP contribution in [0.15, 0.2) is 42.6 Å². The molecule has 2 aromatic rings. The Kier molecular flexibility index (Phi) is 9.91. The maximum absolute atomic E-state index is 10.2. The van der Waals surface area contributed by atoms with Gasteiger partial charge in [0.15, 0.2) is 11.5 Å². The van der Waals surface area contributed by atoms with Crippen LogP contribution in [0.2, 0.25) is 0 Å². The first-order valence-corrected chi connectivity index (χ1v) is 10.3.